The van der Waals surface area contributed by atoms with Crippen LogP contribution in [0.25, 0.3) is 0 Å². The average molecular weight is 368 g/mol. The number of methoxy groups -OCH3 is 1. The number of nitrogens with zero attached hydrogens (tertiary/aromatic N) is 1. The highest BCUT2D eigenvalue weighted by Crippen LogP contribution is 2.28. The zero-order valence-electron chi connectivity index (χ0n) is 14.4. The Balaban J connectivity index is 1.66. The van der Waals surface area contributed by atoms with E-state index in [1.807, 2.05) is 0 Å². The molecule has 27 heavy (non-hydrogen) atoms. The van der Waals surface area contributed by atoms with Crippen molar-refractivity contribution >= 4 is 29.4 Å². The maximum atomic E-state index is 12.3. The standard InChI is InChI=1S/C19H16N2O6/c1-27-19(26)13-7-4-8-14(16(13)23)20-15(22)9-10-21-17(24)11-5-2-3-6-12(11)18(21)25/h2-8,23H,9-10H2,1H3,(H,20,22). The van der Waals surface area contributed by atoms with Crippen LogP contribution in [0.5, 0.6) is 5.75 Å². The highest BCUT2D eigenvalue weighted by Gasteiger charge is 2.35. The van der Waals surface area contributed by atoms with Crippen molar-refractivity contribution in [3.63, 3.8) is 0 Å². The Morgan fingerprint density at radius 3 is 2.26 bits per heavy atom. The van der Waals surface area contributed by atoms with Gasteiger partial charge in [-0.05, 0) is 24.3 Å². The Kier molecular flexibility index (Phi) is 4.89. The number of para-hydroxylation sites is 1. The first-order valence-corrected chi connectivity index (χ1v) is 8.09. The normalized spacial score (nSPS) is 12.7. The first-order valence-electron chi connectivity index (χ1n) is 8.09. The van der Waals surface area contributed by atoms with E-state index in [-0.39, 0.29) is 24.2 Å². The monoisotopic (exact) mass is 368 g/mol. The predicted molar refractivity (Wildman–Crippen MR) is 94.5 cm³/mol. The van der Waals surface area contributed by atoms with E-state index in [1.165, 1.54) is 25.3 Å². The van der Waals surface area contributed by atoms with Crippen molar-refractivity contribution in [2.75, 3.05) is 19.0 Å². The number of amides is 3. The molecule has 2 aromatic rings. The van der Waals surface area contributed by atoms with Crippen LogP contribution in [0.15, 0.2) is 42.5 Å². The maximum Gasteiger partial charge on any atom is 0.341 e. The first-order chi connectivity index (χ1) is 12.9. The number of carbonyl (C=O) groups excluding carboxylic acids is 4. The lowest BCUT2D eigenvalue weighted by Crippen LogP contribution is -2.32. The highest BCUT2D eigenvalue weighted by molar-refractivity contribution is 6.21. The molecule has 0 fully saturated rings. The molecule has 0 spiro atoms. The van der Waals surface area contributed by atoms with Gasteiger partial charge in [0.05, 0.1) is 23.9 Å². The Morgan fingerprint density at radius 1 is 1.04 bits per heavy atom. The third-order valence-corrected chi connectivity index (χ3v) is 4.16. The summed E-state index contributed by atoms with van der Waals surface area (Å²) in [4.78, 5) is 49.3. The highest BCUT2D eigenvalue weighted by atomic mass is 16.5. The molecule has 0 saturated carbocycles. The molecule has 2 N–H and O–H groups in total. The van der Waals surface area contributed by atoms with Crippen LogP contribution in [-0.4, -0.2) is 47.4 Å². The van der Waals surface area contributed by atoms with E-state index in [9.17, 15) is 24.3 Å². The number of rotatable bonds is 5. The third kappa shape index (κ3) is 3.37. The van der Waals surface area contributed by atoms with Gasteiger partial charge in [-0.15, -0.1) is 0 Å². The Hall–Kier alpha value is -3.68. The van der Waals surface area contributed by atoms with E-state index in [0.717, 1.165) is 4.90 Å². The van der Waals surface area contributed by atoms with Gasteiger partial charge in [0.25, 0.3) is 11.8 Å². The van der Waals surface area contributed by atoms with E-state index in [0.29, 0.717) is 11.1 Å². The van der Waals surface area contributed by atoms with Crippen LogP contribution in [0, 0.1) is 0 Å². The van der Waals surface area contributed by atoms with Crippen LogP contribution in [0.2, 0.25) is 0 Å². The molecule has 0 unspecified atom stereocenters. The molecule has 8 heteroatoms. The molecule has 0 aliphatic carbocycles. The quantitative estimate of drug-likeness (QED) is 0.473. The number of ether oxygens (including phenoxy) is 1. The summed E-state index contributed by atoms with van der Waals surface area (Å²) in [6, 6.07) is 10.7. The summed E-state index contributed by atoms with van der Waals surface area (Å²) in [6.07, 6.45) is -0.159. The predicted octanol–water partition coefficient (Wildman–Crippen LogP) is 1.80. The van der Waals surface area contributed by atoms with Gasteiger partial charge < -0.3 is 15.2 Å². The van der Waals surface area contributed by atoms with Gasteiger partial charge in [0.15, 0.2) is 5.75 Å². The van der Waals surface area contributed by atoms with Gasteiger partial charge in [0, 0.05) is 13.0 Å². The lowest BCUT2D eigenvalue weighted by Gasteiger charge is -2.14. The summed E-state index contributed by atoms with van der Waals surface area (Å²) in [5.74, 6) is -2.57. The number of phenols is 1. The van der Waals surface area contributed by atoms with E-state index < -0.39 is 29.4 Å². The fourth-order valence-electron chi connectivity index (χ4n) is 2.79. The number of fused-ring (bicyclic) bond motifs is 1. The van der Waals surface area contributed by atoms with Gasteiger partial charge in [-0.2, -0.15) is 0 Å². The lowest BCUT2D eigenvalue weighted by atomic mass is 10.1. The minimum absolute atomic E-state index is 0.0326. The molecule has 0 saturated heterocycles. The van der Waals surface area contributed by atoms with E-state index in [4.69, 9.17) is 0 Å². The molecule has 138 valence electrons. The van der Waals surface area contributed by atoms with Gasteiger partial charge in [0.1, 0.15) is 5.56 Å². The smallest absolute Gasteiger partial charge is 0.341 e. The number of phenolic OH excluding ortho intramolecular Hbond substituents is 1. The van der Waals surface area contributed by atoms with Gasteiger partial charge >= 0.3 is 5.97 Å². The Labute approximate surface area is 154 Å². The fourth-order valence-corrected chi connectivity index (χ4v) is 2.79. The number of hydrogen-bond donors (Lipinski definition) is 2. The second-order valence-corrected chi connectivity index (χ2v) is 5.80. The first kappa shape index (κ1) is 18.1. The zero-order chi connectivity index (χ0) is 19.6. The molecule has 1 heterocycles. The molecule has 0 atom stereocenters. The summed E-state index contributed by atoms with van der Waals surface area (Å²) in [6.45, 7) is -0.102. The molecule has 1 aliphatic rings. The number of nitrogens with one attached hydrogen (secondary N) is 1. The van der Waals surface area contributed by atoms with Crippen LogP contribution in [0.4, 0.5) is 5.69 Å². The summed E-state index contributed by atoms with van der Waals surface area (Å²) in [5, 5.41) is 12.5. The van der Waals surface area contributed by atoms with Crippen molar-refractivity contribution in [3.05, 3.63) is 59.2 Å². The van der Waals surface area contributed by atoms with E-state index in [1.54, 1.807) is 24.3 Å². The van der Waals surface area contributed by atoms with Gasteiger partial charge in [-0.1, -0.05) is 18.2 Å². The zero-order valence-corrected chi connectivity index (χ0v) is 14.4. The van der Waals surface area contributed by atoms with Crippen molar-refractivity contribution in [2.45, 2.75) is 6.42 Å². The number of hydrogen-bond acceptors (Lipinski definition) is 6. The molecule has 0 bridgehead atoms. The lowest BCUT2D eigenvalue weighted by molar-refractivity contribution is -0.116. The number of aromatic hydroxyl groups is 1. The summed E-state index contributed by atoms with van der Waals surface area (Å²) < 4.78 is 4.55. The average Bonchev–Trinajstić information content (AvgIpc) is 2.92. The number of esters is 1. The van der Waals surface area contributed by atoms with Crippen molar-refractivity contribution < 1.29 is 29.0 Å². The van der Waals surface area contributed by atoms with Gasteiger partial charge in [0.2, 0.25) is 5.91 Å². The topological polar surface area (TPSA) is 113 Å². The molecular formula is C19H16N2O6. The molecule has 3 amide bonds. The summed E-state index contributed by atoms with van der Waals surface area (Å²) in [5.41, 5.74) is 0.568. The van der Waals surface area contributed by atoms with Crippen LogP contribution < -0.4 is 5.32 Å². The summed E-state index contributed by atoms with van der Waals surface area (Å²) >= 11 is 0. The third-order valence-electron chi connectivity index (χ3n) is 4.16. The SMILES string of the molecule is COC(=O)c1cccc(NC(=O)CCN2C(=O)c3ccccc3C2=O)c1O. The van der Waals surface area contributed by atoms with Crippen molar-refractivity contribution in [1.82, 2.24) is 4.90 Å². The van der Waals surface area contributed by atoms with Gasteiger partial charge in [-0.25, -0.2) is 4.79 Å². The van der Waals surface area contributed by atoms with E-state index >= 15 is 0 Å². The molecule has 8 nitrogen and oxygen atoms in total. The summed E-state index contributed by atoms with van der Waals surface area (Å²) in [7, 11) is 1.18. The van der Waals surface area contributed by atoms with Gasteiger partial charge in [-0.3, -0.25) is 19.3 Å². The van der Waals surface area contributed by atoms with Crippen LogP contribution in [0.3, 0.4) is 0 Å². The number of carbonyl (C=O) groups is 4. The van der Waals surface area contributed by atoms with Crippen LogP contribution in [-0.2, 0) is 9.53 Å². The van der Waals surface area contributed by atoms with Crippen molar-refractivity contribution in [3.8, 4) is 5.75 Å². The molecule has 3 rings (SSSR count). The number of imide groups is 1. The molecular weight excluding hydrogens is 352 g/mol. The minimum atomic E-state index is -0.741. The second-order valence-electron chi connectivity index (χ2n) is 5.80. The fraction of sp³-hybridized carbons (Fsp3) is 0.158. The number of anilines is 1. The Morgan fingerprint density at radius 2 is 1.67 bits per heavy atom. The Bertz CT molecular complexity index is 918. The van der Waals surface area contributed by atoms with E-state index in [2.05, 4.69) is 10.1 Å². The molecule has 2 aromatic carbocycles. The number of benzene rings is 2. The maximum absolute atomic E-state index is 12.3. The van der Waals surface area contributed by atoms with Crippen molar-refractivity contribution in [1.29, 1.82) is 0 Å². The molecule has 0 aromatic heterocycles. The van der Waals surface area contributed by atoms with Crippen LogP contribution >= 0.6 is 0 Å². The largest absolute Gasteiger partial charge is 0.505 e. The molecule has 1 aliphatic heterocycles. The minimum Gasteiger partial charge on any atom is -0.505 e. The second kappa shape index (κ2) is 7.28. The molecule has 0 radical (unpaired) electrons. The van der Waals surface area contributed by atoms with Crippen molar-refractivity contribution in [2.24, 2.45) is 0 Å². The van der Waals surface area contributed by atoms with Crippen LogP contribution in [0.1, 0.15) is 37.5 Å².